The first-order valence-electron chi connectivity index (χ1n) is 6.58. The van der Waals surface area contributed by atoms with Gasteiger partial charge in [-0.15, -0.1) is 5.10 Å². The smallest absolute Gasteiger partial charge is 0.280 e. The molecule has 3 aromatic rings. The van der Waals surface area contributed by atoms with E-state index in [0.29, 0.717) is 17.3 Å². The van der Waals surface area contributed by atoms with E-state index < -0.39 is 0 Å². The minimum absolute atomic E-state index is 0.107. The van der Waals surface area contributed by atoms with Crippen LogP contribution in [-0.2, 0) is 6.54 Å². The van der Waals surface area contributed by atoms with Gasteiger partial charge in [0.25, 0.3) is 0 Å². The normalized spacial score (nSPS) is 11.1. The average molecular weight is 305 g/mol. The van der Waals surface area contributed by atoms with Gasteiger partial charge in [-0.1, -0.05) is 24.6 Å². The number of hydrogen-bond acceptors (Lipinski definition) is 3. The summed E-state index contributed by atoms with van der Waals surface area (Å²) in [6, 6.07) is 6.94. The van der Waals surface area contributed by atoms with Crippen LogP contribution < -0.4 is 11.2 Å². The first-order valence-corrected chi connectivity index (χ1v) is 6.96. The molecule has 0 spiro atoms. The van der Waals surface area contributed by atoms with Crippen molar-refractivity contribution in [2.75, 3.05) is 0 Å². The lowest BCUT2D eigenvalue weighted by Crippen LogP contribution is -2.24. The summed E-state index contributed by atoms with van der Waals surface area (Å²) in [5.74, 6) is 0. The van der Waals surface area contributed by atoms with Crippen LogP contribution in [0.2, 0.25) is 5.02 Å². The fourth-order valence-electron chi connectivity index (χ4n) is 2.20. The maximum atomic E-state index is 12.5. The van der Waals surface area contributed by atoms with Crippen molar-refractivity contribution in [1.82, 2.24) is 18.7 Å². The summed E-state index contributed by atoms with van der Waals surface area (Å²) in [6.07, 6.45) is 3.85. The molecule has 1 aromatic carbocycles. The van der Waals surface area contributed by atoms with E-state index >= 15 is 0 Å². The molecule has 7 heteroatoms. The van der Waals surface area contributed by atoms with Crippen molar-refractivity contribution in [3.05, 3.63) is 62.5 Å². The fourth-order valence-corrected chi connectivity index (χ4v) is 2.38. The summed E-state index contributed by atoms with van der Waals surface area (Å²) >= 11 is 5.95. The molecule has 6 nitrogen and oxygen atoms in total. The second kappa shape index (κ2) is 5.21. The summed E-state index contributed by atoms with van der Waals surface area (Å²) < 4.78 is 3.99. The molecule has 0 saturated heterocycles. The van der Waals surface area contributed by atoms with E-state index in [1.807, 2.05) is 6.92 Å². The second-order valence-corrected chi connectivity index (χ2v) is 5.09. The molecule has 2 aromatic heterocycles. The van der Waals surface area contributed by atoms with Crippen LogP contribution in [-0.4, -0.2) is 18.7 Å². The average Bonchev–Trinajstić information content (AvgIpc) is 2.78. The number of aryl methyl sites for hydroxylation is 1. The van der Waals surface area contributed by atoms with Crippen LogP contribution in [0.1, 0.15) is 13.3 Å². The molecular formula is C14H13ClN4O2. The molecule has 0 bridgehead atoms. The van der Waals surface area contributed by atoms with E-state index in [-0.39, 0.29) is 16.9 Å². The Balaban J connectivity index is 2.26. The van der Waals surface area contributed by atoms with E-state index in [1.54, 1.807) is 36.7 Å². The SMILES string of the molecule is CCCn1nc2c(=O)n(-c3cccc(Cl)c3)ccn2c1=O. The highest BCUT2D eigenvalue weighted by atomic mass is 35.5. The standard InChI is InChI=1S/C14H13ClN4O2/c1-2-6-19-14(21)18-8-7-17(13(20)12(18)16-19)11-5-3-4-10(15)9-11/h3-5,7-9H,2,6H2,1H3. The minimum atomic E-state index is -0.355. The van der Waals surface area contributed by atoms with Gasteiger partial charge in [0, 0.05) is 24.0 Å². The molecule has 0 saturated carbocycles. The molecule has 0 N–H and O–H groups in total. The fraction of sp³-hybridized carbons (Fsp3) is 0.214. The zero-order valence-corrected chi connectivity index (χ0v) is 12.1. The van der Waals surface area contributed by atoms with Crippen molar-refractivity contribution in [1.29, 1.82) is 0 Å². The van der Waals surface area contributed by atoms with E-state index in [9.17, 15) is 9.59 Å². The molecule has 0 fully saturated rings. The van der Waals surface area contributed by atoms with Crippen LogP contribution in [0.15, 0.2) is 46.2 Å². The molecule has 0 aliphatic rings. The van der Waals surface area contributed by atoms with Crippen LogP contribution in [0.3, 0.4) is 0 Å². The lowest BCUT2D eigenvalue weighted by atomic mass is 10.3. The Morgan fingerprint density at radius 2 is 2.05 bits per heavy atom. The first-order chi connectivity index (χ1) is 10.1. The summed E-state index contributed by atoms with van der Waals surface area (Å²) in [6.45, 7) is 2.43. The highest BCUT2D eigenvalue weighted by Gasteiger charge is 2.12. The molecule has 0 aliphatic heterocycles. The molecular weight excluding hydrogens is 292 g/mol. The predicted octanol–water partition coefficient (Wildman–Crippen LogP) is 1.71. The van der Waals surface area contributed by atoms with Gasteiger partial charge in [0.05, 0.1) is 5.69 Å². The Bertz CT molecular complexity index is 923. The van der Waals surface area contributed by atoms with Gasteiger partial charge in [-0.2, -0.15) is 0 Å². The van der Waals surface area contributed by atoms with Crippen LogP contribution in [0, 0.1) is 0 Å². The zero-order chi connectivity index (χ0) is 15.0. The predicted molar refractivity (Wildman–Crippen MR) is 80.4 cm³/mol. The molecule has 0 aliphatic carbocycles. The van der Waals surface area contributed by atoms with Crippen molar-refractivity contribution < 1.29 is 0 Å². The Kier molecular flexibility index (Phi) is 3.39. The van der Waals surface area contributed by atoms with Crippen LogP contribution >= 0.6 is 11.6 Å². The molecule has 0 radical (unpaired) electrons. The topological polar surface area (TPSA) is 61.3 Å². The van der Waals surface area contributed by atoms with Gasteiger partial charge in [0.2, 0.25) is 5.65 Å². The third-order valence-corrected chi connectivity index (χ3v) is 3.40. The molecule has 108 valence electrons. The largest absolute Gasteiger partial charge is 0.350 e. The van der Waals surface area contributed by atoms with Crippen LogP contribution in [0.25, 0.3) is 11.3 Å². The van der Waals surface area contributed by atoms with E-state index in [4.69, 9.17) is 11.6 Å². The highest BCUT2D eigenvalue weighted by Crippen LogP contribution is 2.13. The molecule has 0 atom stereocenters. The van der Waals surface area contributed by atoms with Gasteiger partial charge in [-0.3, -0.25) is 9.36 Å². The third kappa shape index (κ3) is 2.27. The number of aromatic nitrogens is 4. The minimum Gasteiger partial charge on any atom is -0.280 e. The number of hydrogen-bond donors (Lipinski definition) is 0. The van der Waals surface area contributed by atoms with Crippen molar-refractivity contribution in [2.45, 2.75) is 19.9 Å². The van der Waals surface area contributed by atoms with E-state index in [0.717, 1.165) is 6.42 Å². The van der Waals surface area contributed by atoms with Crippen molar-refractivity contribution in [3.8, 4) is 5.69 Å². The van der Waals surface area contributed by atoms with Crippen molar-refractivity contribution >= 4 is 17.2 Å². The van der Waals surface area contributed by atoms with Gasteiger partial charge >= 0.3 is 11.2 Å². The molecule has 0 unspecified atom stereocenters. The summed E-state index contributed by atoms with van der Waals surface area (Å²) in [5, 5.41) is 4.65. The van der Waals surface area contributed by atoms with Crippen molar-refractivity contribution in [3.63, 3.8) is 0 Å². The summed E-state index contributed by atoms with van der Waals surface area (Å²) in [4.78, 5) is 24.6. The first kappa shape index (κ1) is 13.6. The number of halogens is 1. The molecule has 0 amide bonds. The number of benzene rings is 1. The number of nitrogens with zero attached hydrogens (tertiary/aromatic N) is 4. The van der Waals surface area contributed by atoms with Crippen LogP contribution in [0.4, 0.5) is 0 Å². The Hall–Kier alpha value is -2.34. The van der Waals surface area contributed by atoms with Gasteiger partial charge in [0.1, 0.15) is 0 Å². The summed E-state index contributed by atoms with van der Waals surface area (Å²) in [5.41, 5.74) is 0.0809. The maximum absolute atomic E-state index is 12.5. The maximum Gasteiger partial charge on any atom is 0.350 e. The monoisotopic (exact) mass is 304 g/mol. The Labute approximate surface area is 124 Å². The van der Waals surface area contributed by atoms with E-state index in [2.05, 4.69) is 5.10 Å². The van der Waals surface area contributed by atoms with Gasteiger partial charge in [-0.05, 0) is 24.6 Å². The lowest BCUT2D eigenvalue weighted by molar-refractivity contribution is 0.582. The van der Waals surface area contributed by atoms with Gasteiger partial charge in [-0.25, -0.2) is 13.9 Å². The molecule has 21 heavy (non-hydrogen) atoms. The number of fused-ring (bicyclic) bond motifs is 1. The highest BCUT2D eigenvalue weighted by molar-refractivity contribution is 6.30. The third-order valence-electron chi connectivity index (χ3n) is 3.17. The quantitative estimate of drug-likeness (QED) is 0.740. The molecule has 2 heterocycles. The van der Waals surface area contributed by atoms with Crippen molar-refractivity contribution in [2.24, 2.45) is 0 Å². The summed E-state index contributed by atoms with van der Waals surface area (Å²) in [7, 11) is 0. The van der Waals surface area contributed by atoms with Gasteiger partial charge in [0.15, 0.2) is 0 Å². The lowest BCUT2D eigenvalue weighted by Gasteiger charge is -2.05. The second-order valence-electron chi connectivity index (χ2n) is 4.65. The Morgan fingerprint density at radius 1 is 1.24 bits per heavy atom. The number of rotatable bonds is 3. The molecule has 3 rings (SSSR count). The van der Waals surface area contributed by atoms with E-state index in [1.165, 1.54) is 13.6 Å². The van der Waals surface area contributed by atoms with Crippen LogP contribution in [0.5, 0.6) is 0 Å². The zero-order valence-electron chi connectivity index (χ0n) is 11.4. The Morgan fingerprint density at radius 3 is 2.76 bits per heavy atom. The van der Waals surface area contributed by atoms with Gasteiger partial charge < -0.3 is 0 Å².